The van der Waals surface area contributed by atoms with Crippen LogP contribution in [0.5, 0.6) is 0 Å². The third-order valence-corrected chi connectivity index (χ3v) is 5.27. The van der Waals surface area contributed by atoms with Gasteiger partial charge in [0, 0.05) is 12.1 Å². The fraction of sp³-hybridized carbons (Fsp3) is 0.955. The first-order valence-corrected chi connectivity index (χ1v) is 10.9. The van der Waals surface area contributed by atoms with Crippen LogP contribution in [-0.4, -0.2) is 28.7 Å². The highest BCUT2D eigenvalue weighted by molar-refractivity contribution is 5.69. The standard InChI is InChI=1S/C22H43NO2/c1-6-7-8-9-10-11-12-13-14-17-20-18-15-16-19(2)23(20)21(24)25-22(3,4)5/h19-20H,6-18H2,1-5H3. The highest BCUT2D eigenvalue weighted by Gasteiger charge is 2.34. The van der Waals surface area contributed by atoms with Gasteiger partial charge >= 0.3 is 6.09 Å². The quantitative estimate of drug-likeness (QED) is 0.392. The summed E-state index contributed by atoms with van der Waals surface area (Å²) in [7, 11) is 0. The summed E-state index contributed by atoms with van der Waals surface area (Å²) in [5.74, 6) is 0. The van der Waals surface area contributed by atoms with Gasteiger partial charge in [-0.05, 0) is 53.4 Å². The molecular formula is C22H43NO2. The van der Waals surface area contributed by atoms with Crippen molar-refractivity contribution in [1.82, 2.24) is 4.90 Å². The Labute approximate surface area is 156 Å². The van der Waals surface area contributed by atoms with Crippen molar-refractivity contribution in [1.29, 1.82) is 0 Å². The van der Waals surface area contributed by atoms with Crippen LogP contribution in [0.15, 0.2) is 0 Å². The van der Waals surface area contributed by atoms with Crippen molar-refractivity contribution in [2.75, 3.05) is 0 Å². The lowest BCUT2D eigenvalue weighted by atomic mass is 9.93. The fourth-order valence-corrected chi connectivity index (χ4v) is 3.90. The van der Waals surface area contributed by atoms with E-state index in [2.05, 4.69) is 13.8 Å². The van der Waals surface area contributed by atoms with Crippen LogP contribution in [0.25, 0.3) is 0 Å². The van der Waals surface area contributed by atoms with E-state index >= 15 is 0 Å². The summed E-state index contributed by atoms with van der Waals surface area (Å²) in [4.78, 5) is 14.6. The van der Waals surface area contributed by atoms with E-state index < -0.39 is 5.60 Å². The summed E-state index contributed by atoms with van der Waals surface area (Å²) >= 11 is 0. The third kappa shape index (κ3) is 9.51. The number of hydrogen-bond donors (Lipinski definition) is 0. The van der Waals surface area contributed by atoms with Crippen LogP contribution in [0.2, 0.25) is 0 Å². The van der Waals surface area contributed by atoms with Gasteiger partial charge in [-0.25, -0.2) is 4.79 Å². The first-order valence-electron chi connectivity index (χ1n) is 10.9. The van der Waals surface area contributed by atoms with Gasteiger partial charge in [-0.15, -0.1) is 0 Å². The molecule has 148 valence electrons. The van der Waals surface area contributed by atoms with Crippen molar-refractivity contribution >= 4 is 6.09 Å². The number of nitrogens with zero attached hydrogens (tertiary/aromatic N) is 1. The average molecular weight is 354 g/mol. The first-order chi connectivity index (χ1) is 11.8. The summed E-state index contributed by atoms with van der Waals surface area (Å²) in [5, 5.41) is 0. The van der Waals surface area contributed by atoms with Gasteiger partial charge < -0.3 is 9.64 Å². The number of hydrogen-bond acceptors (Lipinski definition) is 2. The summed E-state index contributed by atoms with van der Waals surface area (Å²) in [6, 6.07) is 0.690. The lowest BCUT2D eigenvalue weighted by Crippen LogP contribution is -2.50. The normalized spacial score (nSPS) is 21.4. The van der Waals surface area contributed by atoms with E-state index in [1.165, 1.54) is 64.2 Å². The topological polar surface area (TPSA) is 29.5 Å². The van der Waals surface area contributed by atoms with Crippen molar-refractivity contribution in [2.45, 2.75) is 136 Å². The van der Waals surface area contributed by atoms with Crippen LogP contribution in [0.4, 0.5) is 4.79 Å². The minimum Gasteiger partial charge on any atom is -0.444 e. The largest absolute Gasteiger partial charge is 0.444 e. The van der Waals surface area contributed by atoms with Crippen molar-refractivity contribution in [3.8, 4) is 0 Å². The van der Waals surface area contributed by atoms with E-state index in [9.17, 15) is 4.79 Å². The number of rotatable bonds is 10. The molecule has 0 aromatic heterocycles. The fourth-order valence-electron chi connectivity index (χ4n) is 3.90. The Balaban J connectivity index is 2.28. The average Bonchev–Trinajstić information content (AvgIpc) is 2.51. The molecule has 2 unspecified atom stereocenters. The number of ether oxygens (including phenoxy) is 1. The molecule has 1 aliphatic rings. The monoisotopic (exact) mass is 353 g/mol. The molecular weight excluding hydrogens is 310 g/mol. The molecule has 25 heavy (non-hydrogen) atoms. The lowest BCUT2D eigenvalue weighted by Gasteiger charge is -2.41. The van der Waals surface area contributed by atoms with Crippen LogP contribution in [-0.2, 0) is 4.74 Å². The van der Waals surface area contributed by atoms with Gasteiger partial charge in [0.2, 0.25) is 0 Å². The SMILES string of the molecule is CCCCCCCCCCCC1CCCC(C)N1C(=O)OC(C)(C)C. The van der Waals surface area contributed by atoms with Crippen LogP contribution in [0.1, 0.15) is 118 Å². The van der Waals surface area contributed by atoms with Crippen molar-refractivity contribution < 1.29 is 9.53 Å². The molecule has 1 saturated heterocycles. The zero-order valence-electron chi connectivity index (χ0n) is 17.6. The van der Waals surface area contributed by atoms with Gasteiger partial charge in [0.05, 0.1) is 0 Å². The molecule has 0 aromatic carbocycles. The lowest BCUT2D eigenvalue weighted by molar-refractivity contribution is -0.00430. The van der Waals surface area contributed by atoms with E-state index in [1.807, 2.05) is 25.7 Å². The molecule has 0 spiro atoms. The Morgan fingerprint density at radius 1 is 0.960 bits per heavy atom. The van der Waals surface area contributed by atoms with Crippen LogP contribution in [0.3, 0.4) is 0 Å². The Bertz CT molecular complexity index is 362. The van der Waals surface area contributed by atoms with Gasteiger partial charge in [-0.1, -0.05) is 64.7 Å². The molecule has 1 fully saturated rings. The summed E-state index contributed by atoms with van der Waals surface area (Å²) < 4.78 is 5.66. The van der Waals surface area contributed by atoms with Crippen molar-refractivity contribution in [2.24, 2.45) is 0 Å². The zero-order valence-corrected chi connectivity index (χ0v) is 17.6. The zero-order chi connectivity index (χ0) is 18.7. The Morgan fingerprint density at radius 3 is 2.08 bits per heavy atom. The number of piperidine rings is 1. The highest BCUT2D eigenvalue weighted by Crippen LogP contribution is 2.28. The van der Waals surface area contributed by atoms with Crippen LogP contribution in [0, 0.1) is 0 Å². The maximum Gasteiger partial charge on any atom is 0.410 e. The first kappa shape index (κ1) is 22.3. The molecule has 0 N–H and O–H groups in total. The Morgan fingerprint density at radius 2 is 1.52 bits per heavy atom. The summed E-state index contributed by atoms with van der Waals surface area (Å²) in [5.41, 5.74) is -0.406. The van der Waals surface area contributed by atoms with E-state index in [4.69, 9.17) is 4.74 Å². The molecule has 2 atom stereocenters. The number of carbonyl (C=O) groups is 1. The third-order valence-electron chi connectivity index (χ3n) is 5.27. The molecule has 0 radical (unpaired) electrons. The van der Waals surface area contributed by atoms with E-state index in [0.717, 1.165) is 19.3 Å². The van der Waals surface area contributed by atoms with Crippen LogP contribution >= 0.6 is 0 Å². The molecule has 1 aliphatic heterocycles. The second-order valence-electron chi connectivity index (χ2n) is 8.94. The maximum absolute atomic E-state index is 12.6. The minimum atomic E-state index is -0.406. The molecule has 3 heteroatoms. The number of likely N-dealkylation sites (tertiary alicyclic amines) is 1. The molecule has 1 amide bonds. The van der Waals surface area contributed by atoms with Gasteiger partial charge in [-0.2, -0.15) is 0 Å². The molecule has 0 aliphatic carbocycles. The second-order valence-corrected chi connectivity index (χ2v) is 8.94. The Kier molecular flexibility index (Phi) is 10.5. The highest BCUT2D eigenvalue weighted by atomic mass is 16.6. The maximum atomic E-state index is 12.6. The molecule has 0 bridgehead atoms. The molecule has 3 nitrogen and oxygen atoms in total. The van der Waals surface area contributed by atoms with E-state index in [1.54, 1.807) is 0 Å². The van der Waals surface area contributed by atoms with Gasteiger partial charge in [0.15, 0.2) is 0 Å². The smallest absolute Gasteiger partial charge is 0.410 e. The van der Waals surface area contributed by atoms with Gasteiger partial charge in [0.25, 0.3) is 0 Å². The number of carbonyl (C=O) groups excluding carboxylic acids is 1. The van der Waals surface area contributed by atoms with Crippen molar-refractivity contribution in [3.05, 3.63) is 0 Å². The molecule has 1 rings (SSSR count). The number of amides is 1. The second kappa shape index (κ2) is 11.8. The predicted molar refractivity (Wildman–Crippen MR) is 107 cm³/mol. The van der Waals surface area contributed by atoms with Crippen molar-refractivity contribution in [3.63, 3.8) is 0 Å². The van der Waals surface area contributed by atoms with E-state index in [0.29, 0.717) is 12.1 Å². The molecule has 0 saturated carbocycles. The molecule has 0 aromatic rings. The van der Waals surface area contributed by atoms with Gasteiger partial charge in [0.1, 0.15) is 5.60 Å². The predicted octanol–water partition coefficient (Wildman–Crippen LogP) is 7.09. The molecule has 1 heterocycles. The van der Waals surface area contributed by atoms with Crippen LogP contribution < -0.4 is 0 Å². The Hall–Kier alpha value is -0.730. The van der Waals surface area contributed by atoms with Gasteiger partial charge in [-0.3, -0.25) is 0 Å². The summed E-state index contributed by atoms with van der Waals surface area (Å²) in [6.07, 6.45) is 16.7. The summed E-state index contributed by atoms with van der Waals surface area (Å²) in [6.45, 7) is 10.3. The van der Waals surface area contributed by atoms with E-state index in [-0.39, 0.29) is 6.09 Å². The minimum absolute atomic E-state index is 0.111. The number of unbranched alkanes of at least 4 members (excludes halogenated alkanes) is 8.